The molecule has 0 bridgehead atoms. The number of halogens is 1. The fourth-order valence-electron chi connectivity index (χ4n) is 2.45. The van der Waals surface area contributed by atoms with Crippen LogP contribution in [0.4, 0.5) is 5.82 Å². The summed E-state index contributed by atoms with van der Waals surface area (Å²) in [4.78, 5) is 25.3. The number of rotatable bonds is 7. The maximum absolute atomic E-state index is 12.3. The normalized spacial score (nSPS) is 16.0. The van der Waals surface area contributed by atoms with Crippen molar-refractivity contribution in [3.8, 4) is 5.88 Å². The van der Waals surface area contributed by atoms with Crippen molar-refractivity contribution < 1.29 is 9.53 Å². The summed E-state index contributed by atoms with van der Waals surface area (Å²) < 4.78 is 5.17. The molecular formula is C15H25ClN6O2. The van der Waals surface area contributed by atoms with E-state index in [-0.39, 0.29) is 22.6 Å². The van der Waals surface area contributed by atoms with Crippen LogP contribution in [0.2, 0.25) is 5.15 Å². The first-order chi connectivity index (χ1) is 11.5. The summed E-state index contributed by atoms with van der Waals surface area (Å²) in [5.74, 6) is 0.232. The average Bonchev–Trinajstić information content (AvgIpc) is 2.58. The van der Waals surface area contributed by atoms with Crippen molar-refractivity contribution in [1.29, 1.82) is 0 Å². The van der Waals surface area contributed by atoms with Crippen LogP contribution in [0.25, 0.3) is 0 Å². The van der Waals surface area contributed by atoms with Crippen LogP contribution in [0, 0.1) is 0 Å². The number of methoxy groups -OCH3 is 1. The lowest BCUT2D eigenvalue weighted by Crippen LogP contribution is -2.47. The number of hydrogen-bond acceptors (Lipinski definition) is 7. The molecule has 1 aromatic heterocycles. The third-order valence-corrected chi connectivity index (χ3v) is 4.15. The molecule has 134 valence electrons. The second-order valence-corrected chi connectivity index (χ2v) is 6.01. The maximum Gasteiger partial charge on any atom is 0.275 e. The highest BCUT2D eigenvalue weighted by atomic mass is 35.5. The lowest BCUT2D eigenvalue weighted by atomic mass is 10.3. The number of nitrogens with one attached hydrogen (secondary N) is 2. The van der Waals surface area contributed by atoms with Gasteiger partial charge in [-0.05, 0) is 14.0 Å². The van der Waals surface area contributed by atoms with E-state index in [4.69, 9.17) is 16.3 Å². The molecule has 0 saturated carbocycles. The summed E-state index contributed by atoms with van der Waals surface area (Å²) in [5.41, 5.74) is 0.0996. The summed E-state index contributed by atoms with van der Waals surface area (Å²) in [7, 11) is 3.57. The SMILES string of the molecule is CCNc1nc(OC)c(C(=O)NCCN2CCN(C)CC2)nc1Cl. The molecule has 1 aliphatic heterocycles. The molecule has 1 amide bonds. The smallest absolute Gasteiger partial charge is 0.275 e. The third kappa shape index (κ3) is 4.93. The highest BCUT2D eigenvalue weighted by molar-refractivity contribution is 6.31. The molecule has 1 aliphatic rings. The number of carbonyl (C=O) groups excluding carboxylic acids is 1. The lowest BCUT2D eigenvalue weighted by Gasteiger charge is -2.32. The van der Waals surface area contributed by atoms with Crippen LogP contribution in [0.5, 0.6) is 5.88 Å². The van der Waals surface area contributed by atoms with Gasteiger partial charge in [-0.15, -0.1) is 0 Å². The molecule has 2 rings (SSSR count). The minimum atomic E-state index is -0.335. The van der Waals surface area contributed by atoms with Crippen molar-refractivity contribution in [2.75, 3.05) is 65.3 Å². The van der Waals surface area contributed by atoms with Crippen LogP contribution >= 0.6 is 11.6 Å². The Hall–Kier alpha value is -1.64. The van der Waals surface area contributed by atoms with Gasteiger partial charge in [-0.3, -0.25) is 9.69 Å². The number of nitrogens with zero attached hydrogens (tertiary/aromatic N) is 4. The number of amides is 1. The average molecular weight is 357 g/mol. The molecule has 1 aromatic rings. The van der Waals surface area contributed by atoms with E-state index in [9.17, 15) is 4.79 Å². The highest BCUT2D eigenvalue weighted by Crippen LogP contribution is 2.23. The zero-order chi connectivity index (χ0) is 17.5. The van der Waals surface area contributed by atoms with Crippen LogP contribution in [0.1, 0.15) is 17.4 Å². The van der Waals surface area contributed by atoms with Gasteiger partial charge >= 0.3 is 0 Å². The molecule has 0 unspecified atom stereocenters. The van der Waals surface area contributed by atoms with E-state index in [1.807, 2.05) is 6.92 Å². The maximum atomic E-state index is 12.3. The topological polar surface area (TPSA) is 82.6 Å². The fourth-order valence-corrected chi connectivity index (χ4v) is 2.65. The van der Waals surface area contributed by atoms with Crippen molar-refractivity contribution in [3.63, 3.8) is 0 Å². The minimum absolute atomic E-state index is 0.0996. The van der Waals surface area contributed by atoms with Gasteiger partial charge < -0.3 is 20.3 Å². The van der Waals surface area contributed by atoms with Crippen LogP contribution in [0.3, 0.4) is 0 Å². The van der Waals surface area contributed by atoms with Gasteiger partial charge in [0.25, 0.3) is 5.91 Å². The van der Waals surface area contributed by atoms with Crippen LogP contribution in [-0.4, -0.2) is 85.6 Å². The van der Waals surface area contributed by atoms with E-state index in [1.54, 1.807) is 0 Å². The summed E-state index contributed by atoms with van der Waals surface area (Å²) in [6.45, 7) is 8.04. The molecule has 1 fully saturated rings. The van der Waals surface area contributed by atoms with Crippen molar-refractivity contribution in [1.82, 2.24) is 25.1 Å². The Morgan fingerprint density at radius 1 is 1.29 bits per heavy atom. The first kappa shape index (κ1) is 18.7. The number of likely N-dealkylation sites (N-methyl/N-ethyl adjacent to an activating group) is 1. The van der Waals surface area contributed by atoms with E-state index in [2.05, 4.69) is 37.4 Å². The number of piperazine rings is 1. The summed E-state index contributed by atoms with van der Waals surface area (Å²) in [6.07, 6.45) is 0. The third-order valence-electron chi connectivity index (χ3n) is 3.88. The van der Waals surface area contributed by atoms with E-state index < -0.39 is 0 Å². The Bertz CT molecular complexity index is 563. The van der Waals surface area contributed by atoms with E-state index in [0.717, 1.165) is 32.7 Å². The second-order valence-electron chi connectivity index (χ2n) is 5.65. The quantitative estimate of drug-likeness (QED) is 0.738. The van der Waals surface area contributed by atoms with Gasteiger partial charge in [0.1, 0.15) is 0 Å². The number of ether oxygens (including phenoxy) is 1. The largest absolute Gasteiger partial charge is 0.479 e. The Morgan fingerprint density at radius 3 is 2.62 bits per heavy atom. The van der Waals surface area contributed by atoms with E-state index in [0.29, 0.717) is 18.9 Å². The monoisotopic (exact) mass is 356 g/mol. The summed E-state index contributed by atoms with van der Waals surface area (Å²) >= 11 is 6.07. The van der Waals surface area contributed by atoms with Crippen LogP contribution in [-0.2, 0) is 0 Å². The molecule has 0 spiro atoms. The van der Waals surface area contributed by atoms with Crippen molar-refractivity contribution >= 4 is 23.3 Å². The highest BCUT2D eigenvalue weighted by Gasteiger charge is 2.20. The van der Waals surface area contributed by atoms with Gasteiger partial charge in [0, 0.05) is 45.8 Å². The summed E-state index contributed by atoms with van der Waals surface area (Å²) in [5, 5.41) is 5.99. The predicted octanol–water partition coefficient (Wildman–Crippen LogP) is 0.548. The molecule has 9 heteroatoms. The van der Waals surface area contributed by atoms with Crippen LogP contribution in [0.15, 0.2) is 0 Å². The standard InChI is InChI=1S/C15H25ClN6O2/c1-4-17-13-12(16)19-11(15(20-13)24-3)14(23)18-5-6-22-9-7-21(2)8-10-22/h4-10H2,1-3H3,(H,17,20)(H,18,23). The number of anilines is 1. The number of hydrogen-bond donors (Lipinski definition) is 2. The van der Waals surface area contributed by atoms with Crippen LogP contribution < -0.4 is 15.4 Å². The van der Waals surface area contributed by atoms with Gasteiger partial charge in [0.15, 0.2) is 16.7 Å². The van der Waals surface area contributed by atoms with Gasteiger partial charge in [-0.2, -0.15) is 4.98 Å². The molecule has 1 saturated heterocycles. The molecule has 0 aliphatic carbocycles. The first-order valence-corrected chi connectivity index (χ1v) is 8.47. The molecule has 2 N–H and O–H groups in total. The second kappa shape index (κ2) is 9.00. The Kier molecular flexibility index (Phi) is 7.01. The van der Waals surface area contributed by atoms with Gasteiger partial charge in [0.2, 0.25) is 5.88 Å². The Balaban J connectivity index is 1.92. The summed E-state index contributed by atoms with van der Waals surface area (Å²) in [6, 6.07) is 0. The minimum Gasteiger partial charge on any atom is -0.479 e. The van der Waals surface area contributed by atoms with Gasteiger partial charge in [0.05, 0.1) is 7.11 Å². The lowest BCUT2D eigenvalue weighted by molar-refractivity contribution is 0.0932. The molecule has 8 nitrogen and oxygen atoms in total. The number of carbonyl (C=O) groups is 1. The first-order valence-electron chi connectivity index (χ1n) is 8.09. The van der Waals surface area contributed by atoms with Crippen molar-refractivity contribution in [2.45, 2.75) is 6.92 Å². The zero-order valence-electron chi connectivity index (χ0n) is 14.4. The van der Waals surface area contributed by atoms with Gasteiger partial charge in [-0.25, -0.2) is 4.98 Å². The molecule has 0 atom stereocenters. The Morgan fingerprint density at radius 2 is 2.00 bits per heavy atom. The van der Waals surface area contributed by atoms with Crippen molar-refractivity contribution in [2.24, 2.45) is 0 Å². The zero-order valence-corrected chi connectivity index (χ0v) is 15.2. The molecule has 2 heterocycles. The molecule has 0 radical (unpaired) electrons. The molecule has 0 aromatic carbocycles. The van der Waals surface area contributed by atoms with E-state index in [1.165, 1.54) is 7.11 Å². The van der Waals surface area contributed by atoms with Crippen molar-refractivity contribution in [3.05, 3.63) is 10.8 Å². The Labute approximate surface area is 147 Å². The predicted molar refractivity (Wildman–Crippen MR) is 94.0 cm³/mol. The van der Waals surface area contributed by atoms with Gasteiger partial charge in [-0.1, -0.05) is 11.6 Å². The molecule has 24 heavy (non-hydrogen) atoms. The number of aromatic nitrogens is 2. The molecular weight excluding hydrogens is 332 g/mol. The fraction of sp³-hybridized carbons (Fsp3) is 0.667. The van der Waals surface area contributed by atoms with E-state index >= 15 is 0 Å².